The fourth-order valence-corrected chi connectivity index (χ4v) is 1.73. The first kappa shape index (κ1) is 10.7. The van der Waals surface area contributed by atoms with Crippen LogP contribution >= 0.6 is 0 Å². The smallest absolute Gasteiger partial charge is 0.204 e. The molecular formula is C12H14N2O2. The Morgan fingerprint density at radius 1 is 1.50 bits per heavy atom. The Balaban J connectivity index is 2.20. The molecule has 0 aliphatic heterocycles. The van der Waals surface area contributed by atoms with Crippen molar-refractivity contribution in [3.63, 3.8) is 0 Å². The summed E-state index contributed by atoms with van der Waals surface area (Å²) in [7, 11) is 1.84. The summed E-state index contributed by atoms with van der Waals surface area (Å²) < 4.78 is 6.89. The molecule has 2 aromatic rings. The van der Waals surface area contributed by atoms with Gasteiger partial charge in [-0.25, -0.2) is 0 Å². The second-order valence-electron chi connectivity index (χ2n) is 3.93. The monoisotopic (exact) mass is 218 g/mol. The molecule has 0 bridgehead atoms. The van der Waals surface area contributed by atoms with Crippen LogP contribution in [0.4, 0.5) is 0 Å². The van der Waals surface area contributed by atoms with E-state index in [9.17, 15) is 4.79 Å². The number of carbonyl (C=O) groups is 1. The average molecular weight is 218 g/mol. The Morgan fingerprint density at radius 2 is 2.25 bits per heavy atom. The predicted molar refractivity (Wildman–Crippen MR) is 59.4 cm³/mol. The van der Waals surface area contributed by atoms with Crippen LogP contribution in [0.2, 0.25) is 0 Å². The molecule has 0 spiro atoms. The zero-order valence-electron chi connectivity index (χ0n) is 9.65. The third-order valence-electron chi connectivity index (χ3n) is 2.56. The third-order valence-corrected chi connectivity index (χ3v) is 2.56. The van der Waals surface area contributed by atoms with Crippen LogP contribution in [0.3, 0.4) is 0 Å². The second kappa shape index (κ2) is 3.96. The van der Waals surface area contributed by atoms with Crippen molar-refractivity contribution in [3.8, 4) is 0 Å². The van der Waals surface area contributed by atoms with Crippen molar-refractivity contribution in [1.29, 1.82) is 0 Å². The lowest BCUT2D eigenvalue weighted by Crippen LogP contribution is -2.08. The maximum absolute atomic E-state index is 11.9. The number of nitrogens with zero attached hydrogens (tertiary/aromatic N) is 2. The minimum Gasteiger partial charge on any atom is -0.461 e. The molecular weight excluding hydrogens is 204 g/mol. The highest BCUT2D eigenvalue weighted by Gasteiger charge is 2.15. The van der Waals surface area contributed by atoms with Crippen LogP contribution in [-0.4, -0.2) is 15.6 Å². The van der Waals surface area contributed by atoms with Gasteiger partial charge >= 0.3 is 0 Å². The van der Waals surface area contributed by atoms with Gasteiger partial charge in [0.05, 0.1) is 18.4 Å². The Labute approximate surface area is 93.9 Å². The summed E-state index contributed by atoms with van der Waals surface area (Å²) in [5.41, 5.74) is 2.70. The first-order valence-corrected chi connectivity index (χ1v) is 5.14. The van der Waals surface area contributed by atoms with Crippen molar-refractivity contribution >= 4 is 5.78 Å². The molecule has 0 saturated carbocycles. The molecule has 0 N–H and O–H groups in total. The van der Waals surface area contributed by atoms with E-state index in [1.54, 1.807) is 10.7 Å². The molecule has 0 unspecified atom stereocenters. The van der Waals surface area contributed by atoms with Crippen LogP contribution < -0.4 is 0 Å². The van der Waals surface area contributed by atoms with Crippen molar-refractivity contribution in [1.82, 2.24) is 9.78 Å². The molecule has 2 rings (SSSR count). The molecule has 4 nitrogen and oxygen atoms in total. The van der Waals surface area contributed by atoms with Crippen LogP contribution in [0.15, 0.2) is 22.8 Å². The van der Waals surface area contributed by atoms with E-state index in [1.165, 1.54) is 6.26 Å². The average Bonchev–Trinajstić information content (AvgIpc) is 2.74. The van der Waals surface area contributed by atoms with E-state index < -0.39 is 0 Å². The minimum atomic E-state index is -0.00880. The van der Waals surface area contributed by atoms with Crippen molar-refractivity contribution in [2.45, 2.75) is 20.3 Å². The SMILES string of the molecule is Cc1cc(CC(=O)c2occc2C)n(C)n1. The van der Waals surface area contributed by atoms with Crippen LogP contribution in [0.25, 0.3) is 0 Å². The first-order chi connectivity index (χ1) is 7.58. The molecule has 0 fully saturated rings. The molecule has 4 heteroatoms. The number of hydrogen-bond donors (Lipinski definition) is 0. The number of furan rings is 1. The van der Waals surface area contributed by atoms with Gasteiger partial charge in [0.2, 0.25) is 5.78 Å². The van der Waals surface area contributed by atoms with Gasteiger partial charge in [0, 0.05) is 12.7 Å². The van der Waals surface area contributed by atoms with E-state index in [1.807, 2.05) is 27.0 Å². The number of rotatable bonds is 3. The lowest BCUT2D eigenvalue weighted by molar-refractivity contribution is 0.0963. The van der Waals surface area contributed by atoms with Crippen molar-refractivity contribution in [2.75, 3.05) is 0 Å². The largest absolute Gasteiger partial charge is 0.461 e. The quantitative estimate of drug-likeness (QED) is 0.741. The van der Waals surface area contributed by atoms with Gasteiger partial charge in [-0.1, -0.05) is 0 Å². The van der Waals surface area contributed by atoms with Crippen LogP contribution in [0.1, 0.15) is 27.5 Å². The van der Waals surface area contributed by atoms with Crippen molar-refractivity contribution in [2.24, 2.45) is 7.05 Å². The molecule has 0 aromatic carbocycles. The topological polar surface area (TPSA) is 48.0 Å². The summed E-state index contributed by atoms with van der Waals surface area (Å²) in [5.74, 6) is 0.435. The predicted octanol–water partition coefficient (Wildman–Crippen LogP) is 2.06. The van der Waals surface area contributed by atoms with Gasteiger partial charge in [0.1, 0.15) is 0 Å². The van der Waals surface area contributed by atoms with Gasteiger partial charge in [-0.3, -0.25) is 9.48 Å². The van der Waals surface area contributed by atoms with Gasteiger partial charge in [-0.2, -0.15) is 5.10 Å². The van der Waals surface area contributed by atoms with Gasteiger partial charge < -0.3 is 4.42 Å². The molecule has 2 aromatic heterocycles. The highest BCUT2D eigenvalue weighted by atomic mass is 16.3. The molecule has 0 saturated heterocycles. The van der Waals surface area contributed by atoms with Gasteiger partial charge in [0.25, 0.3) is 0 Å². The Bertz CT molecular complexity index is 523. The Morgan fingerprint density at radius 3 is 2.75 bits per heavy atom. The van der Waals surface area contributed by atoms with Crippen LogP contribution in [0.5, 0.6) is 0 Å². The van der Waals surface area contributed by atoms with Crippen molar-refractivity contribution < 1.29 is 9.21 Å². The van der Waals surface area contributed by atoms with Gasteiger partial charge in [-0.15, -0.1) is 0 Å². The van der Waals surface area contributed by atoms with Crippen molar-refractivity contribution in [3.05, 3.63) is 41.1 Å². The molecule has 0 radical (unpaired) electrons. The summed E-state index contributed by atoms with van der Waals surface area (Å²) in [5, 5.41) is 4.20. The lowest BCUT2D eigenvalue weighted by Gasteiger charge is -2.00. The standard InChI is InChI=1S/C12H14N2O2/c1-8-4-5-16-12(8)11(15)7-10-6-9(2)13-14(10)3/h4-6H,7H2,1-3H3. The highest BCUT2D eigenvalue weighted by Crippen LogP contribution is 2.13. The van der Waals surface area contributed by atoms with Crippen LogP contribution in [0, 0.1) is 13.8 Å². The van der Waals surface area contributed by atoms with Crippen LogP contribution in [-0.2, 0) is 13.5 Å². The Kier molecular flexibility index (Phi) is 2.64. The molecule has 0 aliphatic rings. The third kappa shape index (κ3) is 1.91. The molecule has 16 heavy (non-hydrogen) atoms. The van der Waals surface area contributed by atoms with E-state index in [-0.39, 0.29) is 5.78 Å². The summed E-state index contributed by atoms with van der Waals surface area (Å²) in [6.45, 7) is 3.78. The summed E-state index contributed by atoms with van der Waals surface area (Å²) in [6.07, 6.45) is 1.86. The molecule has 2 heterocycles. The molecule has 0 atom stereocenters. The lowest BCUT2D eigenvalue weighted by atomic mass is 10.1. The Hall–Kier alpha value is -1.84. The summed E-state index contributed by atoms with van der Waals surface area (Å²) in [4.78, 5) is 11.9. The van der Waals surface area contributed by atoms with Gasteiger partial charge in [-0.05, 0) is 31.5 Å². The highest BCUT2D eigenvalue weighted by molar-refractivity contribution is 5.96. The van der Waals surface area contributed by atoms with E-state index in [0.29, 0.717) is 12.2 Å². The molecule has 0 aliphatic carbocycles. The number of hydrogen-bond acceptors (Lipinski definition) is 3. The fourth-order valence-electron chi connectivity index (χ4n) is 1.73. The number of ketones is 1. The van der Waals surface area contributed by atoms with E-state index in [0.717, 1.165) is 17.0 Å². The minimum absolute atomic E-state index is 0.00880. The number of aromatic nitrogens is 2. The molecule has 84 valence electrons. The number of aryl methyl sites for hydroxylation is 3. The number of Topliss-reactive ketones (excluding diaryl/α,β-unsaturated/α-hetero) is 1. The maximum atomic E-state index is 11.9. The zero-order valence-corrected chi connectivity index (χ0v) is 9.65. The maximum Gasteiger partial charge on any atom is 0.204 e. The van der Waals surface area contributed by atoms with E-state index in [4.69, 9.17) is 4.42 Å². The molecule has 0 amide bonds. The first-order valence-electron chi connectivity index (χ1n) is 5.14. The summed E-state index contributed by atoms with van der Waals surface area (Å²) in [6, 6.07) is 3.71. The van der Waals surface area contributed by atoms with Gasteiger partial charge in [0.15, 0.2) is 5.76 Å². The number of carbonyl (C=O) groups excluding carboxylic acids is 1. The zero-order chi connectivity index (χ0) is 11.7. The fraction of sp³-hybridized carbons (Fsp3) is 0.333. The van der Waals surface area contributed by atoms with E-state index >= 15 is 0 Å². The second-order valence-corrected chi connectivity index (χ2v) is 3.93. The normalized spacial score (nSPS) is 10.7. The summed E-state index contributed by atoms with van der Waals surface area (Å²) >= 11 is 0. The van der Waals surface area contributed by atoms with E-state index in [2.05, 4.69) is 5.10 Å².